The Morgan fingerprint density at radius 2 is 2.06 bits per heavy atom. The molecular formula is C14H21INO2+. The Balaban J connectivity index is 2.07. The second-order valence-corrected chi connectivity index (χ2v) is 6.40. The quantitative estimate of drug-likeness (QED) is 0.805. The lowest BCUT2D eigenvalue weighted by molar-refractivity contribution is -0.919. The smallest absolute Gasteiger partial charge is 0.171 e. The fraction of sp³-hybridized carbons (Fsp3) is 0.571. The molecule has 18 heavy (non-hydrogen) atoms. The van der Waals surface area contributed by atoms with Crippen molar-refractivity contribution in [3.05, 3.63) is 21.3 Å². The second-order valence-electron chi connectivity index (χ2n) is 5.24. The molecule has 0 spiro atoms. The molecule has 1 saturated heterocycles. The van der Waals surface area contributed by atoms with Crippen LogP contribution in [0.2, 0.25) is 0 Å². The average Bonchev–Trinajstić information content (AvgIpc) is 2.36. The Kier molecular flexibility index (Phi) is 4.72. The van der Waals surface area contributed by atoms with Gasteiger partial charge < -0.3 is 14.7 Å². The number of ether oxygens (including phenoxy) is 1. The zero-order chi connectivity index (χ0) is 13.1. The lowest BCUT2D eigenvalue weighted by atomic mass is 9.99. The van der Waals surface area contributed by atoms with E-state index in [9.17, 15) is 5.11 Å². The molecule has 1 aliphatic heterocycles. The highest BCUT2D eigenvalue weighted by atomic mass is 127. The summed E-state index contributed by atoms with van der Waals surface area (Å²) < 4.78 is 6.08. The van der Waals surface area contributed by atoms with Crippen LogP contribution in [-0.4, -0.2) is 25.3 Å². The van der Waals surface area contributed by atoms with Crippen LogP contribution in [0.3, 0.4) is 0 Å². The van der Waals surface area contributed by atoms with Crippen molar-refractivity contribution in [3.63, 3.8) is 0 Å². The lowest BCUT2D eigenvalue weighted by Gasteiger charge is -2.27. The van der Waals surface area contributed by atoms with Gasteiger partial charge in [-0.2, -0.15) is 0 Å². The molecule has 0 saturated carbocycles. The first kappa shape index (κ1) is 13.9. The Hall–Kier alpha value is -0.490. The highest BCUT2D eigenvalue weighted by molar-refractivity contribution is 14.1. The van der Waals surface area contributed by atoms with Gasteiger partial charge in [-0.25, -0.2) is 0 Å². The Labute approximate surface area is 122 Å². The standard InChI is InChI=1S/C14H20INO2/c1-10-3-5-16(6-4-10)9-11-7-12(15)14(17)13(8-11)18-2/h7-8,10,17H,3-6,9H2,1-2H3/p+1. The summed E-state index contributed by atoms with van der Waals surface area (Å²) in [7, 11) is 1.60. The van der Waals surface area contributed by atoms with Crippen LogP contribution in [0.5, 0.6) is 11.5 Å². The van der Waals surface area contributed by atoms with Crippen molar-refractivity contribution in [2.45, 2.75) is 26.3 Å². The highest BCUT2D eigenvalue weighted by Crippen LogP contribution is 2.32. The van der Waals surface area contributed by atoms with Crippen molar-refractivity contribution in [2.75, 3.05) is 20.2 Å². The molecule has 100 valence electrons. The maximum Gasteiger partial charge on any atom is 0.171 e. The normalized spacial score (nSPS) is 23.9. The molecule has 2 N–H and O–H groups in total. The van der Waals surface area contributed by atoms with E-state index < -0.39 is 0 Å². The average molecular weight is 362 g/mol. The van der Waals surface area contributed by atoms with Gasteiger partial charge in [0.2, 0.25) is 0 Å². The lowest BCUT2D eigenvalue weighted by Crippen LogP contribution is -3.11. The number of methoxy groups -OCH3 is 1. The number of phenols is 1. The van der Waals surface area contributed by atoms with Gasteiger partial charge in [0.05, 0.1) is 23.8 Å². The third-order valence-electron chi connectivity index (χ3n) is 3.74. The Morgan fingerprint density at radius 1 is 1.39 bits per heavy atom. The summed E-state index contributed by atoms with van der Waals surface area (Å²) in [6.07, 6.45) is 2.64. The summed E-state index contributed by atoms with van der Waals surface area (Å²) in [5.41, 5.74) is 1.25. The molecule has 0 bridgehead atoms. The molecule has 1 aromatic rings. The van der Waals surface area contributed by atoms with Gasteiger partial charge in [-0.05, 0) is 53.5 Å². The number of aromatic hydroxyl groups is 1. The van der Waals surface area contributed by atoms with E-state index in [0.717, 1.165) is 16.0 Å². The molecule has 4 heteroatoms. The molecule has 1 aliphatic rings. The predicted octanol–water partition coefficient (Wildman–Crippen LogP) is 1.82. The number of likely N-dealkylation sites (tertiary alicyclic amines) is 1. The van der Waals surface area contributed by atoms with Gasteiger partial charge in [0.1, 0.15) is 6.54 Å². The SMILES string of the molecule is COc1cc(C[NH+]2CCC(C)CC2)cc(I)c1O. The Bertz CT molecular complexity index is 415. The molecule has 0 aromatic heterocycles. The third-order valence-corrected chi connectivity index (χ3v) is 4.57. The first-order valence-corrected chi connectivity index (χ1v) is 7.57. The van der Waals surface area contributed by atoms with E-state index in [2.05, 4.69) is 35.6 Å². The zero-order valence-corrected chi connectivity index (χ0v) is 13.2. The molecular weight excluding hydrogens is 341 g/mol. The van der Waals surface area contributed by atoms with Gasteiger partial charge >= 0.3 is 0 Å². The van der Waals surface area contributed by atoms with Gasteiger partial charge in [-0.1, -0.05) is 6.92 Å². The summed E-state index contributed by atoms with van der Waals surface area (Å²) in [6, 6.07) is 4.02. The monoisotopic (exact) mass is 362 g/mol. The van der Waals surface area contributed by atoms with Crippen molar-refractivity contribution < 1.29 is 14.7 Å². The summed E-state index contributed by atoms with van der Waals surface area (Å²) in [6.45, 7) is 5.87. The van der Waals surface area contributed by atoms with Gasteiger partial charge in [0.25, 0.3) is 0 Å². The van der Waals surface area contributed by atoms with E-state index in [1.54, 1.807) is 12.0 Å². The van der Waals surface area contributed by atoms with Crippen molar-refractivity contribution in [1.29, 1.82) is 0 Å². The molecule has 1 aromatic carbocycles. The van der Waals surface area contributed by atoms with Crippen LogP contribution in [0.15, 0.2) is 12.1 Å². The summed E-state index contributed by atoms with van der Waals surface area (Å²) >= 11 is 2.16. The summed E-state index contributed by atoms with van der Waals surface area (Å²) in [4.78, 5) is 1.64. The second kappa shape index (κ2) is 6.10. The van der Waals surface area contributed by atoms with E-state index in [1.165, 1.54) is 31.5 Å². The van der Waals surface area contributed by atoms with E-state index in [4.69, 9.17) is 4.74 Å². The molecule has 0 unspecified atom stereocenters. The van der Waals surface area contributed by atoms with Crippen molar-refractivity contribution >= 4 is 22.6 Å². The van der Waals surface area contributed by atoms with Crippen LogP contribution in [0.1, 0.15) is 25.3 Å². The predicted molar refractivity (Wildman–Crippen MR) is 80.2 cm³/mol. The van der Waals surface area contributed by atoms with Crippen LogP contribution in [0, 0.1) is 9.49 Å². The minimum Gasteiger partial charge on any atom is -0.504 e. The fourth-order valence-corrected chi connectivity index (χ4v) is 3.19. The number of quaternary nitrogens is 1. The zero-order valence-electron chi connectivity index (χ0n) is 11.0. The molecule has 0 radical (unpaired) electrons. The number of nitrogens with one attached hydrogen (secondary N) is 1. The van der Waals surface area contributed by atoms with Gasteiger partial charge in [0, 0.05) is 5.56 Å². The number of phenolic OH excluding ortho intramolecular Hbond substituents is 1. The molecule has 1 heterocycles. The number of benzene rings is 1. The summed E-state index contributed by atoms with van der Waals surface area (Å²) in [5, 5.41) is 9.82. The minimum atomic E-state index is 0.254. The van der Waals surface area contributed by atoms with Crippen molar-refractivity contribution in [3.8, 4) is 11.5 Å². The fourth-order valence-electron chi connectivity index (χ4n) is 2.52. The molecule has 2 rings (SSSR count). The van der Waals surface area contributed by atoms with Gasteiger partial charge in [0.15, 0.2) is 11.5 Å². The van der Waals surface area contributed by atoms with E-state index in [0.29, 0.717) is 5.75 Å². The molecule has 0 amide bonds. The topological polar surface area (TPSA) is 33.9 Å². The Morgan fingerprint density at radius 3 is 2.67 bits per heavy atom. The maximum atomic E-state index is 9.82. The van der Waals surface area contributed by atoms with E-state index in [1.807, 2.05) is 6.07 Å². The van der Waals surface area contributed by atoms with Crippen LogP contribution in [0.25, 0.3) is 0 Å². The van der Waals surface area contributed by atoms with Crippen LogP contribution < -0.4 is 9.64 Å². The number of hydrogen-bond donors (Lipinski definition) is 2. The number of rotatable bonds is 3. The minimum absolute atomic E-state index is 0.254. The van der Waals surface area contributed by atoms with E-state index in [-0.39, 0.29) is 5.75 Å². The van der Waals surface area contributed by atoms with Crippen molar-refractivity contribution in [2.24, 2.45) is 5.92 Å². The highest BCUT2D eigenvalue weighted by Gasteiger charge is 2.20. The van der Waals surface area contributed by atoms with Gasteiger partial charge in [-0.3, -0.25) is 0 Å². The van der Waals surface area contributed by atoms with Crippen molar-refractivity contribution in [1.82, 2.24) is 0 Å². The molecule has 0 atom stereocenters. The first-order chi connectivity index (χ1) is 8.60. The first-order valence-electron chi connectivity index (χ1n) is 6.49. The molecule has 0 aliphatic carbocycles. The number of halogens is 1. The van der Waals surface area contributed by atoms with E-state index >= 15 is 0 Å². The third kappa shape index (κ3) is 3.29. The van der Waals surface area contributed by atoms with Crippen LogP contribution in [0.4, 0.5) is 0 Å². The molecule has 1 fully saturated rings. The number of piperidine rings is 1. The number of hydrogen-bond acceptors (Lipinski definition) is 2. The van der Waals surface area contributed by atoms with Gasteiger partial charge in [-0.15, -0.1) is 0 Å². The largest absolute Gasteiger partial charge is 0.504 e. The van der Waals surface area contributed by atoms with Crippen LogP contribution >= 0.6 is 22.6 Å². The molecule has 3 nitrogen and oxygen atoms in total. The summed E-state index contributed by atoms with van der Waals surface area (Å²) in [5.74, 6) is 1.72. The van der Waals surface area contributed by atoms with Crippen LogP contribution in [-0.2, 0) is 6.54 Å². The maximum absolute atomic E-state index is 9.82.